The Morgan fingerprint density at radius 1 is 1.43 bits per heavy atom. The number of hydrogen-bond donors (Lipinski definition) is 3. The predicted octanol–water partition coefficient (Wildman–Crippen LogP) is 3.58. The van der Waals surface area contributed by atoms with Crippen LogP contribution in [0.2, 0.25) is 0 Å². The molecule has 1 atom stereocenters. The molecule has 3 N–H and O–H groups in total. The van der Waals surface area contributed by atoms with Gasteiger partial charge in [-0.1, -0.05) is 20.8 Å². The maximum Gasteiger partial charge on any atom is 0.404 e. The topological polar surface area (TPSA) is 78.0 Å². The van der Waals surface area contributed by atoms with E-state index in [2.05, 4.69) is 15.3 Å². The Morgan fingerprint density at radius 2 is 2.13 bits per heavy atom. The quantitative estimate of drug-likeness (QED) is 0.753. The first-order valence-electron chi connectivity index (χ1n) is 7.16. The molecule has 0 saturated heterocycles. The molecule has 5 nitrogen and oxygen atoms in total. The molecule has 7 heteroatoms. The molecular formula is C16H19F2N3O2. The van der Waals surface area contributed by atoms with Crippen LogP contribution in [-0.4, -0.2) is 27.2 Å². The summed E-state index contributed by atoms with van der Waals surface area (Å²) >= 11 is 0. The smallest absolute Gasteiger partial charge is 0.404 e. The van der Waals surface area contributed by atoms with E-state index in [-0.39, 0.29) is 23.2 Å². The average Bonchev–Trinajstić information content (AvgIpc) is 2.79. The second-order valence-corrected chi connectivity index (χ2v) is 6.42. The summed E-state index contributed by atoms with van der Waals surface area (Å²) < 4.78 is 28.3. The van der Waals surface area contributed by atoms with Crippen LogP contribution in [0.3, 0.4) is 0 Å². The fraction of sp³-hybridized carbons (Fsp3) is 0.375. The van der Waals surface area contributed by atoms with Crippen molar-refractivity contribution < 1.29 is 18.7 Å². The standard InChI is InChI=1S/C16H19F2N3O2/c1-16(2,3)11(21-15(22)23)7-9-8-20-13(12(9)17)10-5-4-6-19-14(10)18/h4-6,8,11,20-21H,7H2,1-3H3,(H,22,23). The first kappa shape index (κ1) is 16.9. The highest BCUT2D eigenvalue weighted by Crippen LogP contribution is 2.29. The highest BCUT2D eigenvalue weighted by molar-refractivity contribution is 5.65. The third-order valence-electron chi connectivity index (χ3n) is 3.69. The van der Waals surface area contributed by atoms with Gasteiger partial charge in [0.15, 0.2) is 5.82 Å². The molecule has 1 unspecified atom stereocenters. The van der Waals surface area contributed by atoms with E-state index in [0.717, 1.165) is 0 Å². The summed E-state index contributed by atoms with van der Waals surface area (Å²) in [4.78, 5) is 17.1. The third-order valence-corrected chi connectivity index (χ3v) is 3.69. The molecule has 2 heterocycles. The maximum atomic E-state index is 14.6. The molecule has 0 aliphatic heterocycles. The highest BCUT2D eigenvalue weighted by atomic mass is 19.1. The van der Waals surface area contributed by atoms with E-state index in [1.165, 1.54) is 24.5 Å². The van der Waals surface area contributed by atoms with Crippen LogP contribution < -0.4 is 5.32 Å². The molecule has 2 aromatic rings. The molecule has 23 heavy (non-hydrogen) atoms. The lowest BCUT2D eigenvalue weighted by Gasteiger charge is -2.30. The summed E-state index contributed by atoms with van der Waals surface area (Å²) in [5.41, 5.74) is -0.0674. The molecule has 0 radical (unpaired) electrons. The number of rotatable bonds is 4. The number of carbonyl (C=O) groups is 1. The zero-order chi connectivity index (χ0) is 17.2. The molecule has 124 valence electrons. The number of halogens is 2. The number of nitrogens with one attached hydrogen (secondary N) is 2. The number of aromatic amines is 1. The Hall–Kier alpha value is -2.44. The highest BCUT2D eigenvalue weighted by Gasteiger charge is 2.28. The van der Waals surface area contributed by atoms with Crippen LogP contribution in [0.5, 0.6) is 0 Å². The molecule has 0 fully saturated rings. The SMILES string of the molecule is CC(C)(C)C(Cc1c[nH]c(-c2cccnc2F)c1F)NC(=O)O. The van der Waals surface area contributed by atoms with Gasteiger partial charge in [-0.3, -0.25) is 0 Å². The Balaban J connectivity index is 2.32. The van der Waals surface area contributed by atoms with Gasteiger partial charge in [-0.25, -0.2) is 14.2 Å². The van der Waals surface area contributed by atoms with E-state index in [4.69, 9.17) is 5.11 Å². The average molecular weight is 323 g/mol. The van der Waals surface area contributed by atoms with Gasteiger partial charge in [-0.2, -0.15) is 4.39 Å². The van der Waals surface area contributed by atoms with Crippen molar-refractivity contribution in [3.8, 4) is 11.3 Å². The molecule has 0 spiro atoms. The summed E-state index contributed by atoms with van der Waals surface area (Å²) in [6, 6.07) is 2.46. The van der Waals surface area contributed by atoms with Gasteiger partial charge in [-0.05, 0) is 24.0 Å². The zero-order valence-electron chi connectivity index (χ0n) is 13.2. The van der Waals surface area contributed by atoms with Gasteiger partial charge < -0.3 is 15.4 Å². The van der Waals surface area contributed by atoms with E-state index >= 15 is 0 Å². The van der Waals surface area contributed by atoms with Crippen molar-refractivity contribution in [1.29, 1.82) is 0 Å². The Bertz CT molecular complexity index is 708. The molecule has 2 rings (SSSR count). The normalized spacial score (nSPS) is 12.9. The van der Waals surface area contributed by atoms with Crippen molar-refractivity contribution in [2.45, 2.75) is 33.2 Å². The summed E-state index contributed by atoms with van der Waals surface area (Å²) in [7, 11) is 0. The van der Waals surface area contributed by atoms with Gasteiger partial charge in [0.05, 0.1) is 11.3 Å². The number of pyridine rings is 1. The van der Waals surface area contributed by atoms with Crippen LogP contribution >= 0.6 is 0 Å². The molecule has 0 aromatic carbocycles. The van der Waals surface area contributed by atoms with Crippen LogP contribution in [0.15, 0.2) is 24.5 Å². The van der Waals surface area contributed by atoms with Crippen molar-refractivity contribution in [2.24, 2.45) is 5.41 Å². The van der Waals surface area contributed by atoms with E-state index < -0.39 is 29.3 Å². The lowest BCUT2D eigenvalue weighted by Crippen LogP contribution is -2.44. The Kier molecular flexibility index (Phi) is 4.68. The number of amides is 1. The van der Waals surface area contributed by atoms with Gasteiger partial charge in [-0.15, -0.1) is 0 Å². The number of H-pyrrole nitrogens is 1. The minimum absolute atomic E-state index is 0.00795. The lowest BCUT2D eigenvalue weighted by atomic mass is 9.83. The van der Waals surface area contributed by atoms with E-state index in [1.807, 2.05) is 20.8 Å². The fourth-order valence-electron chi connectivity index (χ4n) is 2.31. The number of hydrogen-bond acceptors (Lipinski definition) is 2. The Labute approximate surface area is 132 Å². The molecular weight excluding hydrogens is 304 g/mol. The van der Waals surface area contributed by atoms with Crippen LogP contribution in [0.1, 0.15) is 26.3 Å². The molecule has 2 aromatic heterocycles. The Morgan fingerprint density at radius 3 is 2.70 bits per heavy atom. The first-order valence-corrected chi connectivity index (χ1v) is 7.16. The van der Waals surface area contributed by atoms with E-state index in [1.54, 1.807) is 0 Å². The van der Waals surface area contributed by atoms with Crippen LogP contribution in [0, 0.1) is 17.2 Å². The van der Waals surface area contributed by atoms with Gasteiger partial charge in [0.2, 0.25) is 5.95 Å². The monoisotopic (exact) mass is 323 g/mol. The second-order valence-electron chi connectivity index (χ2n) is 6.42. The first-order chi connectivity index (χ1) is 10.7. The van der Waals surface area contributed by atoms with Gasteiger partial charge >= 0.3 is 6.09 Å². The summed E-state index contributed by atoms with van der Waals surface area (Å²) in [5.74, 6) is -1.37. The van der Waals surface area contributed by atoms with Gasteiger partial charge in [0.1, 0.15) is 0 Å². The van der Waals surface area contributed by atoms with Crippen molar-refractivity contribution in [3.05, 3.63) is 41.9 Å². The van der Waals surface area contributed by atoms with Crippen molar-refractivity contribution >= 4 is 6.09 Å². The number of aromatic nitrogens is 2. The third kappa shape index (κ3) is 3.85. The number of carboxylic acid groups (broad SMARTS) is 1. The van der Waals surface area contributed by atoms with Crippen molar-refractivity contribution in [3.63, 3.8) is 0 Å². The number of nitrogens with zero attached hydrogens (tertiary/aromatic N) is 1. The molecule has 1 amide bonds. The molecule has 0 aliphatic carbocycles. The predicted molar refractivity (Wildman–Crippen MR) is 82.0 cm³/mol. The molecule has 0 bridgehead atoms. The largest absolute Gasteiger partial charge is 0.465 e. The van der Waals surface area contributed by atoms with Crippen LogP contribution in [0.25, 0.3) is 11.3 Å². The summed E-state index contributed by atoms with van der Waals surface area (Å²) in [5, 5.41) is 11.3. The van der Waals surface area contributed by atoms with Crippen LogP contribution in [0.4, 0.5) is 13.6 Å². The van der Waals surface area contributed by atoms with Gasteiger partial charge in [0.25, 0.3) is 0 Å². The van der Waals surface area contributed by atoms with Gasteiger partial charge in [0, 0.05) is 24.0 Å². The molecule has 0 aliphatic rings. The van der Waals surface area contributed by atoms with Crippen molar-refractivity contribution in [2.75, 3.05) is 0 Å². The van der Waals surface area contributed by atoms with Crippen molar-refractivity contribution in [1.82, 2.24) is 15.3 Å². The van der Waals surface area contributed by atoms with E-state index in [9.17, 15) is 13.6 Å². The van der Waals surface area contributed by atoms with E-state index in [0.29, 0.717) is 0 Å². The fourth-order valence-corrected chi connectivity index (χ4v) is 2.31. The summed E-state index contributed by atoms with van der Waals surface area (Å²) in [6.45, 7) is 5.58. The second kappa shape index (κ2) is 6.36. The lowest BCUT2D eigenvalue weighted by molar-refractivity contribution is 0.174. The summed E-state index contributed by atoms with van der Waals surface area (Å²) in [6.07, 6.45) is 1.70. The molecule has 0 saturated carbocycles. The zero-order valence-corrected chi connectivity index (χ0v) is 13.2. The maximum absolute atomic E-state index is 14.6. The minimum Gasteiger partial charge on any atom is -0.465 e. The van der Waals surface area contributed by atoms with Crippen LogP contribution in [-0.2, 0) is 6.42 Å². The minimum atomic E-state index is -1.17.